The number of nitrogens with two attached hydrogens (primary N) is 1. The van der Waals surface area contributed by atoms with Crippen LogP contribution in [0.4, 0.5) is 17.1 Å². The summed E-state index contributed by atoms with van der Waals surface area (Å²) in [5.41, 5.74) is 16.2. The van der Waals surface area contributed by atoms with Gasteiger partial charge in [-0.15, -0.1) is 15.3 Å². The van der Waals surface area contributed by atoms with Crippen molar-refractivity contribution in [3.8, 4) is 62.8 Å². The molecule has 2 fully saturated rings. The van der Waals surface area contributed by atoms with E-state index in [1.165, 1.54) is 30.4 Å². The van der Waals surface area contributed by atoms with E-state index in [0.29, 0.717) is 108 Å². The highest BCUT2D eigenvalue weighted by molar-refractivity contribution is 6.05. The van der Waals surface area contributed by atoms with Crippen molar-refractivity contribution in [2.45, 2.75) is 68.9 Å². The fourth-order valence-corrected chi connectivity index (χ4v) is 11.5. The van der Waals surface area contributed by atoms with E-state index in [9.17, 15) is 14.7 Å². The summed E-state index contributed by atoms with van der Waals surface area (Å²) < 4.78 is 38.7. The third kappa shape index (κ3) is 13.5. The molecule has 0 radical (unpaired) electrons. The van der Waals surface area contributed by atoms with Gasteiger partial charge in [0.25, 0.3) is 11.8 Å². The van der Waals surface area contributed by atoms with Crippen LogP contribution in [0.3, 0.4) is 0 Å². The molecular formula is C68H63N21O8. The van der Waals surface area contributed by atoms with Crippen molar-refractivity contribution in [2.24, 2.45) is 0 Å². The smallest absolute Gasteiger partial charge is 0.274 e. The quantitative estimate of drug-likeness (QED) is 0.0623. The van der Waals surface area contributed by atoms with Crippen LogP contribution in [0, 0.1) is 0 Å². The van der Waals surface area contributed by atoms with Crippen molar-refractivity contribution < 1.29 is 38.4 Å². The molecule has 29 heteroatoms. The minimum absolute atomic E-state index is 0.120. The predicted octanol–water partition coefficient (Wildman–Crippen LogP) is 8.25. The monoisotopic (exact) mass is 1300 g/mol. The van der Waals surface area contributed by atoms with Crippen molar-refractivity contribution >= 4 is 28.9 Å². The van der Waals surface area contributed by atoms with Crippen LogP contribution in [0.15, 0.2) is 177 Å². The Morgan fingerprint density at radius 1 is 0.505 bits per heavy atom. The summed E-state index contributed by atoms with van der Waals surface area (Å²) in [6.07, 6.45) is 15.5. The number of nitrogens with zero attached hydrogens (tertiary/aromatic N) is 18. The number of fused-ring (bicyclic) bond motifs is 9. The molecule has 2 saturated carbocycles. The number of carbonyl (C=O) groups is 2. The molecule has 5 N–H and O–H groups in total. The van der Waals surface area contributed by atoms with Crippen LogP contribution in [-0.4, -0.2) is 146 Å². The number of imidazole rings is 2. The normalized spacial score (nSPS) is 16.3. The summed E-state index contributed by atoms with van der Waals surface area (Å²) in [5.74, 6) is 3.59. The number of aliphatic hydroxyl groups excluding tert-OH is 1. The van der Waals surface area contributed by atoms with Gasteiger partial charge in [-0.3, -0.25) is 19.6 Å². The number of amides is 2. The molecule has 0 unspecified atom stereocenters. The fraction of sp³-hybridized carbons (Fsp3) is 0.250. The van der Waals surface area contributed by atoms with E-state index < -0.39 is 6.04 Å². The first kappa shape index (κ1) is 61.2. The molecule has 3 aliphatic heterocycles. The topological polar surface area (TPSA) is 343 Å². The number of hydrogen-bond donors (Lipinski definition) is 4. The number of ether oxygens (including phenoxy) is 5. The Hall–Kier alpha value is -12.0. The average Bonchev–Trinajstić information content (AvgIpc) is 1.69. The van der Waals surface area contributed by atoms with Gasteiger partial charge in [0.15, 0.2) is 34.7 Å². The summed E-state index contributed by atoms with van der Waals surface area (Å²) in [7, 11) is 0. The molecule has 97 heavy (non-hydrogen) atoms. The molecule has 5 aromatic carbocycles. The van der Waals surface area contributed by atoms with Crippen LogP contribution < -0.4 is 30.6 Å². The molecule has 3 atom stereocenters. The van der Waals surface area contributed by atoms with Crippen molar-refractivity contribution in [1.82, 2.24) is 89.7 Å². The van der Waals surface area contributed by atoms with Crippen molar-refractivity contribution in [3.05, 3.63) is 211 Å². The van der Waals surface area contributed by atoms with Crippen LogP contribution in [0.25, 0.3) is 45.5 Å². The first-order valence-electron chi connectivity index (χ1n) is 31.6. The Kier molecular flexibility index (Phi) is 17.4. The lowest BCUT2D eigenvalue weighted by Crippen LogP contribution is -2.23. The maximum atomic E-state index is 13.3. The van der Waals surface area contributed by atoms with Gasteiger partial charge in [0, 0.05) is 36.6 Å². The number of aromatic nitrogens is 18. The number of hydrogen-bond acceptors (Lipinski definition) is 22. The van der Waals surface area contributed by atoms with Gasteiger partial charge >= 0.3 is 0 Å². The first-order valence-corrected chi connectivity index (χ1v) is 31.6. The lowest BCUT2D eigenvalue weighted by molar-refractivity contribution is 0.0690. The minimum Gasteiger partial charge on any atom is -0.488 e. The maximum absolute atomic E-state index is 13.3. The van der Waals surface area contributed by atoms with E-state index in [0.717, 1.165) is 39.5 Å². The van der Waals surface area contributed by atoms with Gasteiger partial charge in [-0.25, -0.2) is 24.0 Å². The Labute approximate surface area is 553 Å². The molecule has 0 bridgehead atoms. The van der Waals surface area contributed by atoms with Gasteiger partial charge in [0.05, 0.1) is 102 Å². The largest absolute Gasteiger partial charge is 0.488 e. The Bertz CT molecular complexity index is 4760. The molecule has 5 aliphatic rings. The number of anilines is 3. The third-order valence-electron chi connectivity index (χ3n) is 16.9. The van der Waals surface area contributed by atoms with E-state index in [4.69, 9.17) is 29.4 Å². The molecule has 2 amide bonds. The molecular weight excluding hydrogens is 1240 g/mol. The first-order chi connectivity index (χ1) is 47.8. The van der Waals surface area contributed by atoms with Gasteiger partial charge in [0.1, 0.15) is 49.3 Å². The highest BCUT2D eigenvalue weighted by Crippen LogP contribution is 2.43. The van der Waals surface area contributed by atoms with Crippen LogP contribution in [-0.2, 0) is 22.7 Å². The minimum atomic E-state index is -0.431. The summed E-state index contributed by atoms with van der Waals surface area (Å²) in [6, 6.07) is 42.7. The number of aliphatic hydroxyl groups is 1. The second kappa shape index (κ2) is 27.6. The zero-order chi connectivity index (χ0) is 65.6. The highest BCUT2D eigenvalue weighted by atomic mass is 16.5. The zero-order valence-corrected chi connectivity index (χ0v) is 52.0. The molecule has 17 rings (SSSR count). The summed E-state index contributed by atoms with van der Waals surface area (Å²) in [4.78, 5) is 43.9. The van der Waals surface area contributed by atoms with Crippen LogP contribution in [0.2, 0.25) is 0 Å². The van der Waals surface area contributed by atoms with Crippen LogP contribution >= 0.6 is 0 Å². The number of nitrogen functional groups attached to an aromatic ring is 1. The molecule has 2 aliphatic carbocycles. The molecule has 7 aromatic heterocycles. The lowest BCUT2D eigenvalue weighted by Gasteiger charge is -2.16. The van der Waals surface area contributed by atoms with E-state index in [1.54, 1.807) is 70.8 Å². The predicted molar refractivity (Wildman–Crippen MR) is 350 cm³/mol. The van der Waals surface area contributed by atoms with Crippen LogP contribution in [0.5, 0.6) is 17.2 Å². The summed E-state index contributed by atoms with van der Waals surface area (Å²) >= 11 is 0. The standard InChI is InChI=1S/C29H26N8O3.C22H20N8O3.C17H17N5O2/c38-29(25-13-21(11-12-30-25)36-14-26(31-18-36)20-9-10-20)32-24-8-4-7-23-27(24)40-17-22(37-28(23)33-34-35-37)16-39-15-19-5-2-1-3-6-19;31-10-15-11-33-20-16(21-26-27-28-30(15)21)2-1-3-17(20)25-22(32)18-8-14(6-7-23-18)29-9-19(24-12-29)13-4-5-13;18-15-8-4-7-14-16(15)24-11-13(22-17(14)19-20-21-22)10-23-9-12-5-2-1-3-6-12/h1-8,11-14,18,20,22H,9-10,15-17H2,(H,32,38);1-3,6-9,12-13,15,31H,4-5,10-11H2,(H,25,32);1-8,13H,9-11,18H2/t22-;15-;13-/m000/s1. The molecule has 0 spiro atoms. The van der Waals surface area contributed by atoms with E-state index in [2.05, 4.69) is 77.1 Å². The summed E-state index contributed by atoms with van der Waals surface area (Å²) in [6.45, 7) is 2.45. The Morgan fingerprint density at radius 3 is 1.38 bits per heavy atom. The SMILES string of the molecule is Nc1cccc2c1OC[C@H](COCc1ccccc1)n1nnnc1-2.O=C(Nc1cccc2c1OC[C@H](CO)n1nnnc1-2)c1cc(-n2cnc(C3CC3)c2)ccn1.O=C(Nc1cccc2c1OC[C@H](COCc1ccccc1)n1nnnc1-2)c1cc(-n2cnc(C3CC3)c2)ccn1. The third-order valence-corrected chi connectivity index (χ3v) is 16.9. The highest BCUT2D eigenvalue weighted by Gasteiger charge is 2.32. The van der Waals surface area contributed by atoms with E-state index in [1.807, 2.05) is 125 Å². The number of benzene rings is 5. The zero-order valence-electron chi connectivity index (χ0n) is 52.0. The lowest BCUT2D eigenvalue weighted by atomic mass is 10.1. The van der Waals surface area contributed by atoms with Crippen LogP contribution in [0.1, 0.15) is 99.1 Å². The van der Waals surface area contributed by atoms with Gasteiger partial charge in [-0.05, 0) is 129 Å². The van der Waals surface area contributed by atoms with E-state index >= 15 is 0 Å². The average molecular weight is 1300 g/mol. The number of para-hydroxylation sites is 3. The molecule has 488 valence electrons. The number of rotatable bonds is 17. The van der Waals surface area contributed by atoms with Gasteiger partial charge < -0.3 is 54.3 Å². The number of nitrogens with one attached hydrogen (secondary N) is 2. The van der Waals surface area contributed by atoms with Gasteiger partial charge in [-0.1, -0.05) is 78.9 Å². The van der Waals surface area contributed by atoms with Crippen molar-refractivity contribution in [2.75, 3.05) is 56.0 Å². The molecule has 10 heterocycles. The fourth-order valence-electron chi connectivity index (χ4n) is 11.5. The second-order valence-corrected chi connectivity index (χ2v) is 23.7. The number of pyridine rings is 2. The second-order valence-electron chi connectivity index (χ2n) is 23.7. The summed E-state index contributed by atoms with van der Waals surface area (Å²) in [5, 5.41) is 51.7. The molecule has 0 saturated heterocycles. The Balaban J connectivity index is 0.000000123. The maximum Gasteiger partial charge on any atom is 0.274 e. The number of tetrazole rings is 3. The van der Waals surface area contributed by atoms with Gasteiger partial charge in [-0.2, -0.15) is 0 Å². The molecule has 12 aromatic rings. The molecule has 29 nitrogen and oxygen atoms in total. The van der Waals surface area contributed by atoms with Gasteiger partial charge in [0.2, 0.25) is 0 Å². The number of carbonyl (C=O) groups excluding carboxylic acids is 2. The van der Waals surface area contributed by atoms with Crippen molar-refractivity contribution in [3.63, 3.8) is 0 Å². The van der Waals surface area contributed by atoms with Crippen molar-refractivity contribution in [1.29, 1.82) is 0 Å². The van der Waals surface area contributed by atoms with E-state index in [-0.39, 0.29) is 55.1 Å². The Morgan fingerprint density at radius 2 is 0.928 bits per heavy atom.